The van der Waals surface area contributed by atoms with Gasteiger partial charge in [-0.05, 0) is 26.8 Å². The van der Waals surface area contributed by atoms with Gasteiger partial charge in [0, 0.05) is 26.2 Å². The zero-order valence-electron chi connectivity index (χ0n) is 11.3. The van der Waals surface area contributed by atoms with E-state index in [4.69, 9.17) is 9.47 Å². The summed E-state index contributed by atoms with van der Waals surface area (Å²) >= 11 is 0. The lowest BCUT2D eigenvalue weighted by atomic mass is 9.83. The summed E-state index contributed by atoms with van der Waals surface area (Å²) in [4.78, 5) is 14.3. The van der Waals surface area contributed by atoms with Crippen molar-refractivity contribution in [1.29, 1.82) is 0 Å². The molecule has 1 heterocycles. The third kappa shape index (κ3) is 3.40. The van der Waals surface area contributed by atoms with Gasteiger partial charge in [-0.25, -0.2) is 0 Å². The Labute approximate surface area is 103 Å². The lowest BCUT2D eigenvalue weighted by Gasteiger charge is -2.42. The summed E-state index contributed by atoms with van der Waals surface area (Å²) in [6, 6.07) is 0.373. The quantitative estimate of drug-likeness (QED) is 0.555. The largest absolute Gasteiger partial charge is 0.468 e. The van der Waals surface area contributed by atoms with Crippen LogP contribution in [0.4, 0.5) is 0 Å². The fourth-order valence-electron chi connectivity index (χ4n) is 2.36. The average molecular weight is 244 g/mol. The summed E-state index contributed by atoms with van der Waals surface area (Å²) in [6.07, 6.45) is 1.56. The van der Waals surface area contributed by atoms with Crippen LogP contribution in [0.25, 0.3) is 0 Å². The van der Waals surface area contributed by atoms with E-state index in [2.05, 4.69) is 24.2 Å². The van der Waals surface area contributed by atoms with E-state index < -0.39 is 5.54 Å². The van der Waals surface area contributed by atoms with Gasteiger partial charge in [-0.15, -0.1) is 0 Å². The molecule has 5 nitrogen and oxygen atoms in total. The molecule has 0 amide bonds. The highest BCUT2D eigenvalue weighted by Crippen LogP contribution is 2.27. The van der Waals surface area contributed by atoms with E-state index in [1.807, 2.05) is 0 Å². The molecule has 0 aliphatic carbocycles. The number of methoxy groups -OCH3 is 2. The van der Waals surface area contributed by atoms with Crippen LogP contribution in [0.15, 0.2) is 0 Å². The maximum Gasteiger partial charge on any atom is 0.326 e. The Bertz CT molecular complexity index is 260. The maximum absolute atomic E-state index is 12.0. The third-order valence-corrected chi connectivity index (χ3v) is 3.63. The van der Waals surface area contributed by atoms with E-state index in [1.54, 1.807) is 7.11 Å². The fourth-order valence-corrected chi connectivity index (χ4v) is 2.36. The van der Waals surface area contributed by atoms with Gasteiger partial charge in [0.2, 0.25) is 0 Å². The molecule has 0 aromatic rings. The molecule has 2 atom stereocenters. The van der Waals surface area contributed by atoms with Gasteiger partial charge in [0.05, 0.1) is 13.7 Å². The first-order chi connectivity index (χ1) is 8.05. The number of nitrogens with zero attached hydrogens (tertiary/aromatic N) is 1. The summed E-state index contributed by atoms with van der Waals surface area (Å²) in [5.74, 6) is -0.159. The highest BCUT2D eigenvalue weighted by atomic mass is 16.5. The standard InChI is InChI=1S/C12H24N2O3/c1-10-9-12(11(15)17-4,5-7-14(10)2)13-6-8-16-3/h10,13H,5-9H2,1-4H3. The van der Waals surface area contributed by atoms with Crippen molar-refractivity contribution in [3.8, 4) is 0 Å². The van der Waals surface area contributed by atoms with E-state index in [9.17, 15) is 4.79 Å². The summed E-state index contributed by atoms with van der Waals surface area (Å²) in [6.45, 7) is 4.30. The number of likely N-dealkylation sites (tertiary alicyclic amines) is 1. The third-order valence-electron chi connectivity index (χ3n) is 3.63. The zero-order chi connectivity index (χ0) is 12.9. The minimum absolute atomic E-state index is 0.159. The first-order valence-electron chi connectivity index (χ1n) is 6.08. The van der Waals surface area contributed by atoms with Crippen molar-refractivity contribution in [3.63, 3.8) is 0 Å². The van der Waals surface area contributed by atoms with E-state index in [0.29, 0.717) is 19.2 Å². The second-order valence-electron chi connectivity index (χ2n) is 4.78. The monoisotopic (exact) mass is 244 g/mol. The summed E-state index contributed by atoms with van der Waals surface area (Å²) in [5, 5.41) is 3.31. The van der Waals surface area contributed by atoms with Gasteiger partial charge in [0.1, 0.15) is 5.54 Å². The Morgan fingerprint density at radius 3 is 2.76 bits per heavy atom. The molecular formula is C12H24N2O3. The number of carbonyl (C=O) groups is 1. The molecule has 0 aromatic carbocycles. The summed E-state index contributed by atoms with van der Waals surface area (Å²) in [7, 11) is 5.19. The molecule has 0 bridgehead atoms. The molecule has 5 heteroatoms. The molecule has 1 saturated heterocycles. The Balaban J connectivity index is 2.69. The molecule has 1 fully saturated rings. The number of carbonyl (C=O) groups excluding carboxylic acids is 1. The number of rotatable bonds is 5. The molecule has 0 saturated carbocycles. The van der Waals surface area contributed by atoms with Crippen molar-refractivity contribution in [2.75, 3.05) is 41.0 Å². The van der Waals surface area contributed by atoms with Gasteiger partial charge in [0.15, 0.2) is 0 Å². The van der Waals surface area contributed by atoms with Gasteiger partial charge >= 0.3 is 5.97 Å². The molecule has 0 spiro atoms. The first kappa shape index (κ1) is 14.4. The topological polar surface area (TPSA) is 50.8 Å². The number of ether oxygens (including phenoxy) is 2. The van der Waals surface area contributed by atoms with Gasteiger partial charge in [0.25, 0.3) is 0 Å². The molecule has 0 radical (unpaired) electrons. The second kappa shape index (κ2) is 6.33. The number of hydrogen-bond acceptors (Lipinski definition) is 5. The smallest absolute Gasteiger partial charge is 0.326 e. The highest BCUT2D eigenvalue weighted by molar-refractivity contribution is 5.81. The molecule has 1 rings (SSSR count). The van der Waals surface area contributed by atoms with Crippen LogP contribution in [0.3, 0.4) is 0 Å². The molecule has 100 valence electrons. The minimum Gasteiger partial charge on any atom is -0.468 e. The Hall–Kier alpha value is -0.650. The van der Waals surface area contributed by atoms with Crippen molar-refractivity contribution < 1.29 is 14.3 Å². The predicted octanol–water partition coefficient (Wildman–Crippen LogP) is 0.248. The van der Waals surface area contributed by atoms with E-state index >= 15 is 0 Å². The Morgan fingerprint density at radius 1 is 1.53 bits per heavy atom. The molecule has 1 N–H and O–H groups in total. The summed E-state index contributed by atoms with van der Waals surface area (Å²) in [5.41, 5.74) is -0.542. The molecule has 17 heavy (non-hydrogen) atoms. The van der Waals surface area contributed by atoms with Gasteiger partial charge in [-0.3, -0.25) is 10.1 Å². The SMILES string of the molecule is COCCNC1(C(=O)OC)CCN(C)C(C)C1. The van der Waals surface area contributed by atoms with Crippen LogP contribution in [0.1, 0.15) is 19.8 Å². The summed E-state index contributed by atoms with van der Waals surface area (Å²) < 4.78 is 9.96. The molecule has 1 aliphatic rings. The van der Waals surface area contributed by atoms with Crippen LogP contribution in [0.5, 0.6) is 0 Å². The van der Waals surface area contributed by atoms with Gasteiger partial charge in [-0.1, -0.05) is 0 Å². The molecule has 0 aromatic heterocycles. The van der Waals surface area contributed by atoms with Gasteiger partial charge < -0.3 is 14.4 Å². The van der Waals surface area contributed by atoms with E-state index in [0.717, 1.165) is 19.4 Å². The lowest BCUT2D eigenvalue weighted by molar-refractivity contribution is -0.151. The van der Waals surface area contributed by atoms with Crippen molar-refractivity contribution in [1.82, 2.24) is 10.2 Å². The normalized spacial score (nSPS) is 30.2. The van der Waals surface area contributed by atoms with Crippen molar-refractivity contribution in [3.05, 3.63) is 0 Å². The van der Waals surface area contributed by atoms with Crippen LogP contribution in [0.2, 0.25) is 0 Å². The van der Waals surface area contributed by atoms with Crippen LogP contribution >= 0.6 is 0 Å². The maximum atomic E-state index is 12.0. The van der Waals surface area contributed by atoms with Crippen LogP contribution < -0.4 is 5.32 Å². The molecule has 1 aliphatic heterocycles. The fraction of sp³-hybridized carbons (Fsp3) is 0.917. The number of piperidine rings is 1. The van der Waals surface area contributed by atoms with E-state index in [1.165, 1.54) is 7.11 Å². The second-order valence-corrected chi connectivity index (χ2v) is 4.78. The van der Waals surface area contributed by atoms with Crippen molar-refractivity contribution >= 4 is 5.97 Å². The van der Waals surface area contributed by atoms with Crippen LogP contribution in [-0.2, 0) is 14.3 Å². The molecular weight excluding hydrogens is 220 g/mol. The minimum atomic E-state index is -0.542. The van der Waals surface area contributed by atoms with Gasteiger partial charge in [-0.2, -0.15) is 0 Å². The Kier molecular flexibility index (Phi) is 5.36. The first-order valence-corrected chi connectivity index (χ1v) is 6.08. The zero-order valence-corrected chi connectivity index (χ0v) is 11.3. The molecule has 2 unspecified atom stereocenters. The average Bonchev–Trinajstić information content (AvgIpc) is 2.33. The lowest BCUT2D eigenvalue weighted by Crippen LogP contribution is -2.61. The highest BCUT2D eigenvalue weighted by Gasteiger charge is 2.43. The predicted molar refractivity (Wildman–Crippen MR) is 66.0 cm³/mol. The van der Waals surface area contributed by atoms with Crippen molar-refractivity contribution in [2.24, 2.45) is 0 Å². The van der Waals surface area contributed by atoms with Crippen LogP contribution in [-0.4, -0.2) is 63.4 Å². The number of esters is 1. The number of nitrogens with one attached hydrogen (secondary N) is 1. The van der Waals surface area contributed by atoms with Crippen molar-refractivity contribution in [2.45, 2.75) is 31.3 Å². The Morgan fingerprint density at radius 2 is 2.24 bits per heavy atom. The number of hydrogen-bond donors (Lipinski definition) is 1. The van der Waals surface area contributed by atoms with E-state index in [-0.39, 0.29) is 5.97 Å². The van der Waals surface area contributed by atoms with Crippen LogP contribution in [0, 0.1) is 0 Å².